The minimum absolute atomic E-state index is 0.00509. The van der Waals surface area contributed by atoms with Crippen molar-refractivity contribution in [2.24, 2.45) is 16.5 Å². The SMILES string of the molecule is CC(N)CCCN(C(=O)OC(C)(C)C)C(N)=NC(=O)OC(C)(C)C. The highest BCUT2D eigenvalue weighted by Crippen LogP contribution is 2.12. The minimum atomic E-state index is -0.860. The molecule has 0 bridgehead atoms. The molecule has 0 saturated carbocycles. The number of nitrogens with zero attached hydrogens (tertiary/aromatic N) is 2. The summed E-state index contributed by atoms with van der Waals surface area (Å²) < 4.78 is 10.4. The zero-order chi connectivity index (χ0) is 19.1. The van der Waals surface area contributed by atoms with Gasteiger partial charge in [-0.3, -0.25) is 0 Å². The number of amides is 2. The van der Waals surface area contributed by atoms with Gasteiger partial charge in [-0.05, 0) is 61.3 Å². The molecule has 0 aromatic carbocycles. The molecule has 0 spiro atoms. The second-order valence-corrected chi connectivity index (χ2v) is 7.70. The molecule has 2 amide bonds. The van der Waals surface area contributed by atoms with Crippen LogP contribution in [0.25, 0.3) is 0 Å². The van der Waals surface area contributed by atoms with Crippen LogP contribution in [-0.2, 0) is 9.47 Å². The summed E-state index contributed by atoms with van der Waals surface area (Å²) in [5.41, 5.74) is 10.1. The zero-order valence-electron chi connectivity index (χ0n) is 15.9. The van der Waals surface area contributed by atoms with E-state index in [1.54, 1.807) is 41.5 Å². The molecule has 0 saturated heterocycles. The fourth-order valence-electron chi connectivity index (χ4n) is 1.63. The molecule has 8 heteroatoms. The van der Waals surface area contributed by atoms with Gasteiger partial charge in [-0.1, -0.05) is 0 Å². The Hall–Kier alpha value is -1.83. The van der Waals surface area contributed by atoms with Crippen molar-refractivity contribution in [3.05, 3.63) is 0 Å². The van der Waals surface area contributed by atoms with E-state index < -0.39 is 23.4 Å². The first-order chi connectivity index (χ1) is 10.7. The van der Waals surface area contributed by atoms with Gasteiger partial charge in [0.25, 0.3) is 0 Å². The maximum atomic E-state index is 12.3. The molecule has 0 radical (unpaired) electrons. The summed E-state index contributed by atoms with van der Waals surface area (Å²) in [7, 11) is 0. The van der Waals surface area contributed by atoms with Crippen LogP contribution in [0.1, 0.15) is 61.3 Å². The van der Waals surface area contributed by atoms with Crippen LogP contribution in [0, 0.1) is 0 Å². The van der Waals surface area contributed by atoms with Crippen molar-refractivity contribution in [2.45, 2.75) is 78.6 Å². The van der Waals surface area contributed by atoms with E-state index in [2.05, 4.69) is 4.99 Å². The lowest BCUT2D eigenvalue weighted by atomic mass is 10.2. The molecule has 0 rings (SSSR count). The van der Waals surface area contributed by atoms with Gasteiger partial charge in [0.15, 0.2) is 0 Å². The predicted molar refractivity (Wildman–Crippen MR) is 93.7 cm³/mol. The van der Waals surface area contributed by atoms with Crippen LogP contribution >= 0.6 is 0 Å². The summed E-state index contributed by atoms with van der Waals surface area (Å²) in [5.74, 6) is -0.261. The molecule has 140 valence electrons. The number of aliphatic imine (C=N–C) groups is 1. The Morgan fingerprint density at radius 1 is 1.08 bits per heavy atom. The quantitative estimate of drug-likeness (QED) is 0.597. The van der Waals surface area contributed by atoms with Crippen LogP contribution in [0.4, 0.5) is 9.59 Å². The predicted octanol–water partition coefficient (Wildman–Crippen LogP) is 2.60. The molecule has 1 atom stereocenters. The van der Waals surface area contributed by atoms with Crippen molar-refractivity contribution < 1.29 is 19.1 Å². The Bertz CT molecular complexity index is 462. The number of rotatable bonds is 4. The second-order valence-electron chi connectivity index (χ2n) is 7.70. The van der Waals surface area contributed by atoms with Crippen LogP contribution in [0.3, 0.4) is 0 Å². The maximum Gasteiger partial charge on any atom is 0.437 e. The van der Waals surface area contributed by atoms with Gasteiger partial charge in [0.2, 0.25) is 5.96 Å². The third kappa shape index (κ3) is 10.8. The highest BCUT2D eigenvalue weighted by molar-refractivity contribution is 5.98. The lowest BCUT2D eigenvalue weighted by Gasteiger charge is -2.27. The summed E-state index contributed by atoms with van der Waals surface area (Å²) in [6, 6.07) is -0.00509. The Labute approximate surface area is 144 Å². The molecule has 0 heterocycles. The lowest BCUT2D eigenvalue weighted by molar-refractivity contribution is 0.0364. The molecule has 8 nitrogen and oxygen atoms in total. The second kappa shape index (κ2) is 8.86. The van der Waals surface area contributed by atoms with E-state index in [1.807, 2.05) is 6.92 Å². The highest BCUT2D eigenvalue weighted by atomic mass is 16.6. The fourth-order valence-corrected chi connectivity index (χ4v) is 1.63. The molecule has 0 aromatic rings. The Morgan fingerprint density at radius 2 is 1.58 bits per heavy atom. The number of guanidine groups is 1. The first-order valence-corrected chi connectivity index (χ1v) is 8.04. The monoisotopic (exact) mass is 344 g/mol. The van der Waals surface area contributed by atoms with Gasteiger partial charge in [-0.15, -0.1) is 4.99 Å². The topological polar surface area (TPSA) is 120 Å². The van der Waals surface area contributed by atoms with Crippen molar-refractivity contribution in [1.29, 1.82) is 0 Å². The van der Waals surface area contributed by atoms with E-state index in [-0.39, 0.29) is 18.5 Å². The van der Waals surface area contributed by atoms with Gasteiger partial charge in [-0.2, -0.15) is 0 Å². The third-order valence-electron chi connectivity index (χ3n) is 2.53. The van der Waals surface area contributed by atoms with E-state index in [1.165, 1.54) is 0 Å². The lowest BCUT2D eigenvalue weighted by Crippen LogP contribution is -2.46. The van der Waals surface area contributed by atoms with Crippen molar-refractivity contribution in [3.63, 3.8) is 0 Å². The van der Waals surface area contributed by atoms with Gasteiger partial charge in [0, 0.05) is 12.6 Å². The van der Waals surface area contributed by atoms with Crippen LogP contribution in [0.2, 0.25) is 0 Å². The van der Waals surface area contributed by atoms with Crippen molar-refractivity contribution in [1.82, 2.24) is 4.90 Å². The summed E-state index contributed by atoms with van der Waals surface area (Å²) in [5, 5.41) is 0. The minimum Gasteiger partial charge on any atom is -0.443 e. The molecule has 24 heavy (non-hydrogen) atoms. The number of hydrogen-bond acceptors (Lipinski definition) is 5. The molecular formula is C16H32N4O4. The number of hydrogen-bond donors (Lipinski definition) is 2. The number of carbonyl (C=O) groups excluding carboxylic acids is 2. The summed E-state index contributed by atoms with van der Waals surface area (Å²) in [6.07, 6.45) is -0.238. The molecule has 0 aliphatic heterocycles. The average Bonchev–Trinajstić information content (AvgIpc) is 2.28. The van der Waals surface area contributed by atoms with Gasteiger partial charge < -0.3 is 20.9 Å². The first-order valence-electron chi connectivity index (χ1n) is 8.04. The Balaban J connectivity index is 5.13. The highest BCUT2D eigenvalue weighted by Gasteiger charge is 2.26. The van der Waals surface area contributed by atoms with E-state index in [0.717, 1.165) is 4.90 Å². The van der Waals surface area contributed by atoms with E-state index in [4.69, 9.17) is 20.9 Å². The molecule has 0 fully saturated rings. The van der Waals surface area contributed by atoms with Crippen LogP contribution in [-0.4, -0.2) is 46.8 Å². The number of nitrogens with two attached hydrogens (primary N) is 2. The summed E-state index contributed by atoms with van der Waals surface area (Å²) in [4.78, 5) is 28.8. The van der Waals surface area contributed by atoms with Crippen LogP contribution in [0.5, 0.6) is 0 Å². The maximum absolute atomic E-state index is 12.3. The third-order valence-corrected chi connectivity index (χ3v) is 2.53. The summed E-state index contributed by atoms with van der Waals surface area (Å²) in [6.45, 7) is 12.5. The number of ether oxygens (including phenoxy) is 2. The van der Waals surface area contributed by atoms with Gasteiger partial charge in [0.1, 0.15) is 11.2 Å². The standard InChI is InChI=1S/C16H32N4O4/c1-11(17)9-8-10-20(14(22)24-16(5,6)7)12(18)19-13(21)23-15(2,3)4/h11H,8-10,17H2,1-7H3,(H2,18,19,21). The van der Waals surface area contributed by atoms with Gasteiger partial charge >= 0.3 is 12.2 Å². The Kier molecular flexibility index (Phi) is 8.19. The normalized spacial score (nSPS) is 14.1. The largest absolute Gasteiger partial charge is 0.443 e. The smallest absolute Gasteiger partial charge is 0.437 e. The van der Waals surface area contributed by atoms with Crippen molar-refractivity contribution in [2.75, 3.05) is 6.54 Å². The van der Waals surface area contributed by atoms with E-state index in [9.17, 15) is 9.59 Å². The molecule has 0 aliphatic rings. The molecule has 0 aromatic heterocycles. The zero-order valence-corrected chi connectivity index (χ0v) is 15.9. The van der Waals surface area contributed by atoms with E-state index >= 15 is 0 Å². The average molecular weight is 344 g/mol. The number of carbonyl (C=O) groups is 2. The van der Waals surface area contributed by atoms with Crippen molar-refractivity contribution in [3.8, 4) is 0 Å². The van der Waals surface area contributed by atoms with Crippen LogP contribution < -0.4 is 11.5 Å². The first kappa shape index (κ1) is 22.2. The molecular weight excluding hydrogens is 312 g/mol. The van der Waals surface area contributed by atoms with Crippen LogP contribution in [0.15, 0.2) is 4.99 Å². The molecule has 0 aliphatic carbocycles. The van der Waals surface area contributed by atoms with Gasteiger partial charge in [-0.25, -0.2) is 14.5 Å². The fraction of sp³-hybridized carbons (Fsp3) is 0.812. The van der Waals surface area contributed by atoms with E-state index in [0.29, 0.717) is 12.8 Å². The van der Waals surface area contributed by atoms with Gasteiger partial charge in [0.05, 0.1) is 0 Å². The molecule has 4 N–H and O–H groups in total. The van der Waals surface area contributed by atoms with Crippen molar-refractivity contribution >= 4 is 18.1 Å². The summed E-state index contributed by atoms with van der Waals surface area (Å²) >= 11 is 0. The Morgan fingerprint density at radius 3 is 2.00 bits per heavy atom. The molecule has 1 unspecified atom stereocenters.